The molecule has 0 aliphatic carbocycles. The molecule has 2 N–H and O–H groups in total. The quantitative estimate of drug-likeness (QED) is 0.671. The van der Waals surface area contributed by atoms with Gasteiger partial charge in [-0.3, -0.25) is 4.40 Å². The molecule has 0 bridgehead atoms. The van der Waals surface area contributed by atoms with Crippen LogP contribution in [0.15, 0.2) is 36.5 Å². The number of aromatic nitrogens is 2. The smallest absolute Gasteiger partial charge is 0.137 e. The average Bonchev–Trinajstić information content (AvgIpc) is 2.72. The highest BCUT2D eigenvalue weighted by Gasteiger charge is 2.07. The molecule has 0 radical (unpaired) electrons. The Morgan fingerprint density at radius 1 is 1.31 bits per heavy atom. The minimum Gasteiger partial charge on any atom is -0.325 e. The fourth-order valence-electron chi connectivity index (χ4n) is 2.20. The maximum atomic E-state index is 5.73. The summed E-state index contributed by atoms with van der Waals surface area (Å²) < 4.78 is 2.13. The number of para-hydroxylation sites is 1. The largest absolute Gasteiger partial charge is 0.325 e. The van der Waals surface area contributed by atoms with E-state index in [9.17, 15) is 0 Å². The molecule has 0 aliphatic rings. The molecule has 0 aliphatic heterocycles. The summed E-state index contributed by atoms with van der Waals surface area (Å²) in [5.74, 6) is 0. The SMILES string of the molecule is Cc1cc2ncc(CN)n2c2ccccc12. The number of rotatable bonds is 1. The van der Waals surface area contributed by atoms with Gasteiger partial charge in [-0.15, -0.1) is 0 Å². The lowest BCUT2D eigenvalue weighted by atomic mass is 10.1. The zero-order valence-electron chi connectivity index (χ0n) is 9.14. The lowest BCUT2D eigenvalue weighted by Crippen LogP contribution is -2.02. The first kappa shape index (κ1) is 9.36. The lowest BCUT2D eigenvalue weighted by Gasteiger charge is -2.07. The van der Waals surface area contributed by atoms with Crippen LogP contribution in [0.5, 0.6) is 0 Å². The fraction of sp³-hybridized carbons (Fsp3) is 0.154. The minimum absolute atomic E-state index is 0.508. The predicted octanol–water partition coefficient (Wildman–Crippen LogP) is 2.25. The summed E-state index contributed by atoms with van der Waals surface area (Å²) in [4.78, 5) is 4.38. The maximum Gasteiger partial charge on any atom is 0.137 e. The van der Waals surface area contributed by atoms with Crippen LogP contribution in [-0.4, -0.2) is 9.38 Å². The van der Waals surface area contributed by atoms with Gasteiger partial charge in [0.05, 0.1) is 17.4 Å². The maximum absolute atomic E-state index is 5.73. The topological polar surface area (TPSA) is 43.3 Å². The number of hydrogen-bond donors (Lipinski definition) is 1. The first-order valence-electron chi connectivity index (χ1n) is 5.36. The number of fused-ring (bicyclic) bond motifs is 3. The molecule has 0 saturated heterocycles. The van der Waals surface area contributed by atoms with Gasteiger partial charge in [0.15, 0.2) is 0 Å². The van der Waals surface area contributed by atoms with Crippen LogP contribution in [-0.2, 0) is 6.54 Å². The number of nitrogens with two attached hydrogens (primary N) is 1. The zero-order valence-corrected chi connectivity index (χ0v) is 9.14. The molecule has 1 aromatic carbocycles. The molecule has 3 aromatic rings. The summed E-state index contributed by atoms with van der Waals surface area (Å²) in [5, 5.41) is 1.25. The number of benzene rings is 1. The standard InChI is InChI=1S/C13H13N3/c1-9-6-13-15-8-10(7-14)16(13)12-5-3-2-4-11(9)12/h2-6,8H,7,14H2,1H3. The summed E-state index contributed by atoms with van der Waals surface area (Å²) in [7, 11) is 0. The van der Waals surface area contributed by atoms with Crippen LogP contribution in [0, 0.1) is 6.92 Å². The van der Waals surface area contributed by atoms with Crippen molar-refractivity contribution in [3.05, 3.63) is 47.8 Å². The second-order valence-electron chi connectivity index (χ2n) is 3.99. The molecule has 0 fully saturated rings. The fourth-order valence-corrected chi connectivity index (χ4v) is 2.20. The first-order chi connectivity index (χ1) is 7.81. The van der Waals surface area contributed by atoms with Crippen molar-refractivity contribution in [1.82, 2.24) is 9.38 Å². The molecule has 2 heterocycles. The summed E-state index contributed by atoms with van der Waals surface area (Å²) >= 11 is 0. The molecule has 0 saturated carbocycles. The summed E-state index contributed by atoms with van der Waals surface area (Å²) in [5.41, 5.74) is 10.2. The van der Waals surface area contributed by atoms with E-state index in [-0.39, 0.29) is 0 Å². The number of nitrogens with zero attached hydrogens (tertiary/aromatic N) is 2. The van der Waals surface area contributed by atoms with Gasteiger partial charge in [-0.05, 0) is 24.6 Å². The Balaban J connectivity index is 2.59. The van der Waals surface area contributed by atoms with E-state index in [4.69, 9.17) is 5.73 Å². The minimum atomic E-state index is 0.508. The number of aryl methyl sites for hydroxylation is 1. The van der Waals surface area contributed by atoms with Gasteiger partial charge < -0.3 is 5.73 Å². The van der Waals surface area contributed by atoms with Gasteiger partial charge in [0, 0.05) is 11.9 Å². The predicted molar refractivity (Wildman–Crippen MR) is 65.3 cm³/mol. The van der Waals surface area contributed by atoms with Crippen molar-refractivity contribution in [1.29, 1.82) is 0 Å². The van der Waals surface area contributed by atoms with E-state index in [0.717, 1.165) is 11.3 Å². The van der Waals surface area contributed by atoms with Gasteiger partial charge in [-0.25, -0.2) is 4.98 Å². The number of pyridine rings is 1. The molecule has 3 rings (SSSR count). The Morgan fingerprint density at radius 2 is 2.12 bits per heavy atom. The molecule has 0 amide bonds. The van der Waals surface area contributed by atoms with Crippen LogP contribution < -0.4 is 5.73 Å². The van der Waals surface area contributed by atoms with Crippen molar-refractivity contribution in [3.8, 4) is 0 Å². The van der Waals surface area contributed by atoms with Gasteiger partial charge >= 0.3 is 0 Å². The molecule has 3 nitrogen and oxygen atoms in total. The third-order valence-electron chi connectivity index (χ3n) is 2.99. The van der Waals surface area contributed by atoms with Gasteiger partial charge in [-0.2, -0.15) is 0 Å². The molecule has 2 aromatic heterocycles. The van der Waals surface area contributed by atoms with Crippen molar-refractivity contribution in [2.45, 2.75) is 13.5 Å². The summed E-state index contributed by atoms with van der Waals surface area (Å²) in [6.45, 7) is 2.62. The molecular weight excluding hydrogens is 198 g/mol. The number of imidazole rings is 1. The van der Waals surface area contributed by atoms with Crippen LogP contribution >= 0.6 is 0 Å². The third kappa shape index (κ3) is 1.15. The highest BCUT2D eigenvalue weighted by atomic mass is 15.0. The van der Waals surface area contributed by atoms with Crippen LogP contribution in [0.25, 0.3) is 16.6 Å². The van der Waals surface area contributed by atoms with Crippen molar-refractivity contribution in [2.24, 2.45) is 5.73 Å². The van der Waals surface area contributed by atoms with Crippen LogP contribution in [0.4, 0.5) is 0 Å². The van der Waals surface area contributed by atoms with Gasteiger partial charge in [0.1, 0.15) is 5.65 Å². The Labute approximate surface area is 93.5 Å². The van der Waals surface area contributed by atoms with Gasteiger partial charge in [0.25, 0.3) is 0 Å². The second-order valence-corrected chi connectivity index (χ2v) is 3.99. The van der Waals surface area contributed by atoms with Crippen molar-refractivity contribution in [2.75, 3.05) is 0 Å². The van der Waals surface area contributed by atoms with E-state index in [1.54, 1.807) is 0 Å². The van der Waals surface area contributed by atoms with Crippen LogP contribution in [0.3, 0.4) is 0 Å². The van der Waals surface area contributed by atoms with Crippen molar-refractivity contribution >= 4 is 16.6 Å². The Morgan fingerprint density at radius 3 is 2.94 bits per heavy atom. The molecular formula is C13H13N3. The molecule has 0 atom stereocenters. The highest BCUT2D eigenvalue weighted by molar-refractivity contribution is 5.85. The average molecular weight is 211 g/mol. The Bertz CT molecular complexity index is 667. The third-order valence-corrected chi connectivity index (χ3v) is 2.99. The van der Waals surface area contributed by atoms with E-state index in [1.165, 1.54) is 16.5 Å². The normalized spacial score (nSPS) is 11.4. The molecule has 0 unspecified atom stereocenters. The van der Waals surface area contributed by atoms with Crippen LogP contribution in [0.2, 0.25) is 0 Å². The summed E-state index contributed by atoms with van der Waals surface area (Å²) in [6, 6.07) is 10.4. The van der Waals surface area contributed by atoms with Gasteiger partial charge in [0.2, 0.25) is 0 Å². The second kappa shape index (κ2) is 3.32. The molecule has 80 valence electrons. The number of hydrogen-bond acceptors (Lipinski definition) is 2. The van der Waals surface area contributed by atoms with E-state index < -0.39 is 0 Å². The lowest BCUT2D eigenvalue weighted by molar-refractivity contribution is 0.979. The van der Waals surface area contributed by atoms with Gasteiger partial charge in [-0.1, -0.05) is 18.2 Å². The van der Waals surface area contributed by atoms with Crippen molar-refractivity contribution < 1.29 is 0 Å². The highest BCUT2D eigenvalue weighted by Crippen LogP contribution is 2.22. The van der Waals surface area contributed by atoms with Crippen LogP contribution in [0.1, 0.15) is 11.3 Å². The summed E-state index contributed by atoms with van der Waals surface area (Å²) in [6.07, 6.45) is 1.85. The Kier molecular flexibility index (Phi) is 1.94. The van der Waals surface area contributed by atoms with E-state index in [2.05, 4.69) is 40.6 Å². The molecule has 16 heavy (non-hydrogen) atoms. The first-order valence-corrected chi connectivity index (χ1v) is 5.36. The zero-order chi connectivity index (χ0) is 11.1. The van der Waals surface area contributed by atoms with E-state index in [1.807, 2.05) is 12.3 Å². The van der Waals surface area contributed by atoms with E-state index in [0.29, 0.717) is 6.54 Å². The van der Waals surface area contributed by atoms with Crippen molar-refractivity contribution in [3.63, 3.8) is 0 Å². The molecule has 3 heteroatoms. The molecule has 0 spiro atoms. The Hall–Kier alpha value is -1.87. The monoisotopic (exact) mass is 211 g/mol. The van der Waals surface area contributed by atoms with E-state index >= 15 is 0 Å².